The molecule has 2 rings (SSSR count). The minimum Gasteiger partial charge on any atom is -0.389 e. The third kappa shape index (κ3) is 2.53. The molecule has 0 saturated heterocycles. The van der Waals surface area contributed by atoms with Gasteiger partial charge in [0.15, 0.2) is 0 Å². The van der Waals surface area contributed by atoms with Gasteiger partial charge in [-0.15, -0.1) is 11.3 Å². The molecule has 2 aromatic rings. The molecule has 2 heterocycles. The molecule has 0 atom stereocenters. The van der Waals surface area contributed by atoms with Crippen LogP contribution in [0.4, 0.5) is 5.69 Å². The maximum absolute atomic E-state index is 5.62. The topological polar surface area (TPSA) is 63.8 Å². The predicted octanol–water partition coefficient (Wildman–Crippen LogP) is 1.78. The van der Waals surface area contributed by atoms with Crippen LogP contribution in [-0.4, -0.2) is 15.0 Å². The molecule has 0 aliphatic carbocycles. The molecule has 0 saturated carbocycles. The lowest BCUT2D eigenvalue weighted by Gasteiger charge is -2.08. The quantitative estimate of drug-likeness (QED) is 0.810. The summed E-state index contributed by atoms with van der Waals surface area (Å²) in [6.45, 7) is 0.700. The Kier molecular flexibility index (Phi) is 3.43. The highest BCUT2D eigenvalue weighted by Crippen LogP contribution is 2.15. The summed E-state index contributed by atoms with van der Waals surface area (Å²) in [5.74, 6) is 0. The van der Waals surface area contributed by atoms with Gasteiger partial charge < -0.3 is 11.1 Å². The molecule has 82 valence electrons. The standard InChI is InChI=1S/C10H10N4S2/c11-10(15)8-1-2-12-5-9(8)14-4-7-3-13-6-16-7/h1-3,5-6,14H,4H2,(H2,11,15). The van der Waals surface area contributed by atoms with Gasteiger partial charge in [0, 0.05) is 22.8 Å². The zero-order valence-electron chi connectivity index (χ0n) is 8.38. The summed E-state index contributed by atoms with van der Waals surface area (Å²) in [6.07, 6.45) is 5.22. The normalized spacial score (nSPS) is 10.0. The van der Waals surface area contributed by atoms with Gasteiger partial charge in [0.1, 0.15) is 4.99 Å². The van der Waals surface area contributed by atoms with Gasteiger partial charge in [0.25, 0.3) is 0 Å². The number of hydrogen-bond donors (Lipinski definition) is 2. The molecule has 0 spiro atoms. The van der Waals surface area contributed by atoms with Crippen molar-refractivity contribution in [2.24, 2.45) is 5.73 Å². The molecular weight excluding hydrogens is 240 g/mol. The Balaban J connectivity index is 2.12. The number of nitrogens with two attached hydrogens (primary N) is 1. The van der Waals surface area contributed by atoms with Crippen LogP contribution in [0.15, 0.2) is 30.2 Å². The summed E-state index contributed by atoms with van der Waals surface area (Å²) in [5, 5.41) is 3.24. The van der Waals surface area contributed by atoms with Crippen LogP contribution in [0.3, 0.4) is 0 Å². The lowest BCUT2D eigenvalue weighted by molar-refractivity contribution is 1.16. The molecule has 2 aromatic heterocycles. The molecule has 0 amide bonds. The smallest absolute Gasteiger partial charge is 0.106 e. The molecule has 0 bridgehead atoms. The predicted molar refractivity (Wildman–Crippen MR) is 69.6 cm³/mol. The van der Waals surface area contributed by atoms with Crippen LogP contribution in [0.2, 0.25) is 0 Å². The van der Waals surface area contributed by atoms with Crippen molar-refractivity contribution < 1.29 is 0 Å². The SMILES string of the molecule is NC(=S)c1ccncc1NCc1cncs1. The highest BCUT2D eigenvalue weighted by molar-refractivity contribution is 7.80. The Morgan fingerprint density at radius 3 is 3.00 bits per heavy atom. The summed E-state index contributed by atoms with van der Waals surface area (Å²) in [5.41, 5.74) is 9.08. The molecule has 0 radical (unpaired) electrons. The fraction of sp³-hybridized carbons (Fsp3) is 0.100. The minimum atomic E-state index is 0.370. The van der Waals surface area contributed by atoms with Gasteiger partial charge in [0.2, 0.25) is 0 Å². The summed E-state index contributed by atoms with van der Waals surface area (Å²) < 4.78 is 0. The third-order valence-electron chi connectivity index (χ3n) is 2.02. The number of thiazole rings is 1. The highest BCUT2D eigenvalue weighted by atomic mass is 32.1. The van der Waals surface area contributed by atoms with E-state index in [1.165, 1.54) is 0 Å². The number of nitrogens with zero attached hydrogens (tertiary/aromatic N) is 2. The zero-order chi connectivity index (χ0) is 11.4. The average Bonchev–Trinajstić information content (AvgIpc) is 2.79. The summed E-state index contributed by atoms with van der Waals surface area (Å²) in [7, 11) is 0. The number of anilines is 1. The van der Waals surface area contributed by atoms with Gasteiger partial charge in [-0.25, -0.2) is 0 Å². The fourth-order valence-corrected chi connectivity index (χ4v) is 1.97. The van der Waals surface area contributed by atoms with Crippen LogP contribution in [0, 0.1) is 0 Å². The minimum absolute atomic E-state index is 0.370. The molecular formula is C10H10N4S2. The van der Waals surface area contributed by atoms with Crippen LogP contribution in [-0.2, 0) is 6.54 Å². The van der Waals surface area contributed by atoms with Crippen molar-refractivity contribution in [1.29, 1.82) is 0 Å². The molecule has 4 nitrogen and oxygen atoms in total. The molecule has 0 aliphatic heterocycles. The van der Waals surface area contributed by atoms with E-state index in [0.717, 1.165) is 16.1 Å². The van der Waals surface area contributed by atoms with Gasteiger partial charge in [-0.2, -0.15) is 0 Å². The van der Waals surface area contributed by atoms with Crippen molar-refractivity contribution in [1.82, 2.24) is 9.97 Å². The number of rotatable bonds is 4. The van der Waals surface area contributed by atoms with E-state index in [4.69, 9.17) is 18.0 Å². The zero-order valence-corrected chi connectivity index (χ0v) is 10.0. The Morgan fingerprint density at radius 1 is 1.44 bits per heavy atom. The summed E-state index contributed by atoms with van der Waals surface area (Å²) >= 11 is 6.56. The van der Waals surface area contributed by atoms with Crippen LogP contribution >= 0.6 is 23.6 Å². The number of pyridine rings is 1. The maximum Gasteiger partial charge on any atom is 0.106 e. The number of thiocarbonyl (C=S) groups is 1. The van der Waals surface area contributed by atoms with E-state index in [1.807, 2.05) is 6.20 Å². The fourth-order valence-electron chi connectivity index (χ4n) is 1.26. The van der Waals surface area contributed by atoms with E-state index < -0.39 is 0 Å². The van der Waals surface area contributed by atoms with Gasteiger partial charge in [-0.1, -0.05) is 12.2 Å². The van der Waals surface area contributed by atoms with Crippen LogP contribution in [0.5, 0.6) is 0 Å². The van der Waals surface area contributed by atoms with Crippen molar-refractivity contribution >= 4 is 34.2 Å². The first kappa shape index (κ1) is 11.0. The lowest BCUT2D eigenvalue weighted by Crippen LogP contribution is -2.13. The van der Waals surface area contributed by atoms with Crippen molar-refractivity contribution in [3.63, 3.8) is 0 Å². The van der Waals surface area contributed by atoms with Crippen LogP contribution < -0.4 is 11.1 Å². The summed E-state index contributed by atoms with van der Waals surface area (Å²) in [4.78, 5) is 9.56. The summed E-state index contributed by atoms with van der Waals surface area (Å²) in [6, 6.07) is 1.80. The van der Waals surface area contributed by atoms with Gasteiger partial charge in [-0.05, 0) is 6.07 Å². The molecule has 0 fully saturated rings. The molecule has 0 aliphatic rings. The van der Waals surface area contributed by atoms with Crippen molar-refractivity contribution in [2.75, 3.05) is 5.32 Å². The molecule has 16 heavy (non-hydrogen) atoms. The maximum atomic E-state index is 5.62. The first-order valence-corrected chi connectivity index (χ1v) is 5.91. The number of aromatic nitrogens is 2. The van der Waals surface area contributed by atoms with Gasteiger partial charge in [-0.3, -0.25) is 9.97 Å². The average molecular weight is 250 g/mol. The van der Waals surface area contributed by atoms with E-state index in [1.54, 1.807) is 35.3 Å². The first-order chi connectivity index (χ1) is 7.77. The van der Waals surface area contributed by atoms with Crippen molar-refractivity contribution in [3.8, 4) is 0 Å². The van der Waals surface area contributed by atoms with Gasteiger partial charge >= 0.3 is 0 Å². The van der Waals surface area contributed by atoms with Crippen molar-refractivity contribution in [2.45, 2.75) is 6.54 Å². The van der Waals surface area contributed by atoms with E-state index >= 15 is 0 Å². The second kappa shape index (κ2) is 5.00. The van der Waals surface area contributed by atoms with Crippen LogP contribution in [0.1, 0.15) is 10.4 Å². The van der Waals surface area contributed by atoms with Crippen LogP contribution in [0.25, 0.3) is 0 Å². The van der Waals surface area contributed by atoms with E-state index in [0.29, 0.717) is 11.5 Å². The molecule has 6 heteroatoms. The Bertz CT molecular complexity index is 481. The third-order valence-corrected chi connectivity index (χ3v) is 3.02. The number of hydrogen-bond acceptors (Lipinski definition) is 5. The second-order valence-electron chi connectivity index (χ2n) is 3.11. The monoisotopic (exact) mass is 250 g/mol. The second-order valence-corrected chi connectivity index (χ2v) is 4.52. The Hall–Kier alpha value is -1.53. The number of nitrogens with one attached hydrogen (secondary N) is 1. The molecule has 0 unspecified atom stereocenters. The lowest BCUT2D eigenvalue weighted by atomic mass is 10.2. The largest absolute Gasteiger partial charge is 0.389 e. The molecule has 3 N–H and O–H groups in total. The van der Waals surface area contributed by atoms with E-state index in [-0.39, 0.29) is 0 Å². The van der Waals surface area contributed by atoms with Crippen molar-refractivity contribution in [3.05, 3.63) is 40.6 Å². The Morgan fingerprint density at radius 2 is 2.31 bits per heavy atom. The Labute approximate surface area is 103 Å². The van der Waals surface area contributed by atoms with Gasteiger partial charge in [0.05, 0.1) is 23.9 Å². The van der Waals surface area contributed by atoms with E-state index in [9.17, 15) is 0 Å². The molecule has 0 aromatic carbocycles. The van der Waals surface area contributed by atoms with E-state index in [2.05, 4.69) is 15.3 Å². The highest BCUT2D eigenvalue weighted by Gasteiger charge is 2.04. The first-order valence-electron chi connectivity index (χ1n) is 4.62.